The third-order valence-electron chi connectivity index (χ3n) is 4.64. The van der Waals surface area contributed by atoms with Crippen molar-refractivity contribution < 1.29 is 18.0 Å². The standard InChI is InChI=1S/C20H21F3N2OS/c1-14-6-2-3-7-15(14)18-10-11-25(12-13-27-18)19(26)24-17-9-5-4-8-16(17)20(21,22)23/h2-9,18H,10-13H2,1H3,(H,24,26). The number of halogens is 3. The summed E-state index contributed by atoms with van der Waals surface area (Å²) in [6, 6.07) is 12.7. The molecule has 3 rings (SSSR count). The van der Waals surface area contributed by atoms with Crippen LogP contribution in [0, 0.1) is 6.92 Å². The molecule has 0 aliphatic carbocycles. The van der Waals surface area contributed by atoms with Crippen molar-refractivity contribution in [1.82, 2.24) is 4.90 Å². The van der Waals surface area contributed by atoms with Gasteiger partial charge < -0.3 is 10.2 Å². The summed E-state index contributed by atoms with van der Waals surface area (Å²) in [5, 5.41) is 2.72. The van der Waals surface area contributed by atoms with E-state index >= 15 is 0 Å². The summed E-state index contributed by atoms with van der Waals surface area (Å²) in [6.07, 6.45) is -3.74. The summed E-state index contributed by atoms with van der Waals surface area (Å²) in [5.74, 6) is 0.743. The number of nitrogens with one attached hydrogen (secondary N) is 1. The smallest absolute Gasteiger partial charge is 0.324 e. The van der Waals surface area contributed by atoms with E-state index in [9.17, 15) is 18.0 Å². The number of urea groups is 1. The second-order valence-corrected chi connectivity index (χ2v) is 7.78. The van der Waals surface area contributed by atoms with Crippen molar-refractivity contribution in [1.29, 1.82) is 0 Å². The van der Waals surface area contributed by atoms with E-state index in [2.05, 4.69) is 24.4 Å². The van der Waals surface area contributed by atoms with Gasteiger partial charge in [-0.1, -0.05) is 36.4 Å². The van der Waals surface area contributed by atoms with Crippen LogP contribution < -0.4 is 5.32 Å². The molecule has 3 nitrogen and oxygen atoms in total. The highest BCUT2D eigenvalue weighted by atomic mass is 32.2. The van der Waals surface area contributed by atoms with Gasteiger partial charge in [-0.25, -0.2) is 4.79 Å². The summed E-state index contributed by atoms with van der Waals surface area (Å²) < 4.78 is 39.3. The van der Waals surface area contributed by atoms with Crippen LogP contribution in [0.4, 0.5) is 23.7 Å². The molecule has 0 bridgehead atoms. The second kappa shape index (κ2) is 8.25. The molecule has 0 radical (unpaired) electrons. The predicted octanol–water partition coefficient (Wildman–Crippen LogP) is 5.73. The fourth-order valence-electron chi connectivity index (χ4n) is 3.20. The van der Waals surface area contributed by atoms with Crippen molar-refractivity contribution in [3.05, 3.63) is 65.2 Å². The number of aryl methyl sites for hydroxylation is 1. The molecule has 144 valence electrons. The number of carbonyl (C=O) groups is 1. The van der Waals surface area contributed by atoms with Crippen LogP contribution in [-0.4, -0.2) is 29.8 Å². The van der Waals surface area contributed by atoms with Crippen molar-refractivity contribution in [2.24, 2.45) is 0 Å². The molecule has 2 aromatic carbocycles. The van der Waals surface area contributed by atoms with Crippen molar-refractivity contribution in [2.75, 3.05) is 24.2 Å². The van der Waals surface area contributed by atoms with Crippen LogP contribution >= 0.6 is 11.8 Å². The lowest BCUT2D eigenvalue weighted by atomic mass is 10.0. The van der Waals surface area contributed by atoms with Crippen molar-refractivity contribution in [3.63, 3.8) is 0 Å². The average molecular weight is 394 g/mol. The third kappa shape index (κ3) is 4.77. The molecule has 1 heterocycles. The zero-order valence-corrected chi connectivity index (χ0v) is 15.7. The van der Waals surface area contributed by atoms with Gasteiger partial charge in [0.1, 0.15) is 0 Å². The Kier molecular flexibility index (Phi) is 5.99. The van der Waals surface area contributed by atoms with E-state index in [0.29, 0.717) is 13.1 Å². The van der Waals surface area contributed by atoms with E-state index in [4.69, 9.17) is 0 Å². The predicted molar refractivity (Wildman–Crippen MR) is 103 cm³/mol. The Labute approximate surface area is 160 Å². The molecule has 1 aliphatic rings. The third-order valence-corrected chi connectivity index (χ3v) is 5.95. The Hall–Kier alpha value is -2.15. The maximum atomic E-state index is 13.1. The number of hydrogen-bond donors (Lipinski definition) is 1. The number of anilines is 1. The van der Waals surface area contributed by atoms with Gasteiger partial charge >= 0.3 is 12.2 Å². The number of amides is 2. The topological polar surface area (TPSA) is 32.3 Å². The van der Waals surface area contributed by atoms with E-state index in [1.54, 1.807) is 16.7 Å². The van der Waals surface area contributed by atoms with Gasteiger partial charge in [0.2, 0.25) is 0 Å². The van der Waals surface area contributed by atoms with Crippen molar-refractivity contribution >= 4 is 23.5 Å². The Morgan fingerprint density at radius 2 is 1.81 bits per heavy atom. The van der Waals surface area contributed by atoms with Crippen molar-refractivity contribution in [2.45, 2.75) is 24.8 Å². The Bertz CT molecular complexity index is 810. The van der Waals surface area contributed by atoms with Gasteiger partial charge in [0.25, 0.3) is 0 Å². The lowest BCUT2D eigenvalue weighted by Gasteiger charge is -2.22. The first kappa shape index (κ1) is 19.6. The highest BCUT2D eigenvalue weighted by molar-refractivity contribution is 7.99. The summed E-state index contributed by atoms with van der Waals surface area (Å²) in [6.45, 7) is 3.08. The molecule has 0 spiro atoms. The summed E-state index contributed by atoms with van der Waals surface area (Å²) in [4.78, 5) is 14.1. The van der Waals surface area contributed by atoms with Gasteiger partial charge in [0.15, 0.2) is 0 Å². The number of para-hydroxylation sites is 1. The summed E-state index contributed by atoms with van der Waals surface area (Å²) in [7, 11) is 0. The summed E-state index contributed by atoms with van der Waals surface area (Å²) >= 11 is 1.78. The maximum Gasteiger partial charge on any atom is 0.418 e. The Balaban J connectivity index is 1.68. The molecule has 27 heavy (non-hydrogen) atoms. The highest BCUT2D eigenvalue weighted by Gasteiger charge is 2.34. The minimum absolute atomic E-state index is 0.206. The molecular formula is C20H21F3N2OS. The molecule has 0 aromatic heterocycles. The van der Waals surface area contributed by atoms with E-state index in [0.717, 1.165) is 18.2 Å². The molecule has 2 aromatic rings. The van der Waals surface area contributed by atoms with Crippen LogP contribution in [0.3, 0.4) is 0 Å². The molecular weight excluding hydrogens is 373 g/mol. The molecule has 1 aliphatic heterocycles. The zero-order chi connectivity index (χ0) is 19.4. The molecule has 1 fully saturated rings. The van der Waals surface area contributed by atoms with Crippen LogP contribution in [0.25, 0.3) is 0 Å². The number of carbonyl (C=O) groups excluding carboxylic acids is 1. The van der Waals surface area contributed by atoms with Crippen LogP contribution in [0.15, 0.2) is 48.5 Å². The lowest BCUT2D eigenvalue weighted by Crippen LogP contribution is -2.37. The fraction of sp³-hybridized carbons (Fsp3) is 0.350. The van der Waals surface area contributed by atoms with Gasteiger partial charge in [0, 0.05) is 24.1 Å². The monoisotopic (exact) mass is 394 g/mol. The Morgan fingerprint density at radius 1 is 1.11 bits per heavy atom. The average Bonchev–Trinajstić information content (AvgIpc) is 2.88. The van der Waals surface area contributed by atoms with Gasteiger partial charge in [-0.2, -0.15) is 24.9 Å². The zero-order valence-electron chi connectivity index (χ0n) is 14.9. The Morgan fingerprint density at radius 3 is 2.56 bits per heavy atom. The molecule has 1 N–H and O–H groups in total. The van der Waals surface area contributed by atoms with Crippen LogP contribution in [0.1, 0.15) is 28.4 Å². The number of alkyl halides is 3. The number of thioether (sulfide) groups is 1. The van der Waals surface area contributed by atoms with Crippen LogP contribution in [0.2, 0.25) is 0 Å². The summed E-state index contributed by atoms with van der Waals surface area (Å²) in [5.41, 5.74) is 1.43. The minimum atomic E-state index is -4.51. The molecule has 2 amide bonds. The molecule has 0 saturated carbocycles. The number of rotatable bonds is 2. The molecule has 1 unspecified atom stereocenters. The first-order chi connectivity index (χ1) is 12.9. The molecule has 7 heteroatoms. The van der Waals surface area contributed by atoms with Crippen molar-refractivity contribution in [3.8, 4) is 0 Å². The van der Waals surface area contributed by atoms with E-state index < -0.39 is 17.8 Å². The number of hydrogen-bond acceptors (Lipinski definition) is 2. The largest absolute Gasteiger partial charge is 0.418 e. The van der Waals surface area contributed by atoms with Gasteiger partial charge in [0.05, 0.1) is 11.3 Å². The first-order valence-electron chi connectivity index (χ1n) is 8.75. The van der Waals surface area contributed by atoms with Crippen LogP contribution in [-0.2, 0) is 6.18 Å². The quantitative estimate of drug-likeness (QED) is 0.706. The lowest BCUT2D eigenvalue weighted by molar-refractivity contribution is -0.136. The highest BCUT2D eigenvalue weighted by Crippen LogP contribution is 2.37. The second-order valence-electron chi connectivity index (χ2n) is 6.47. The molecule has 1 atom stereocenters. The van der Waals surface area contributed by atoms with Gasteiger partial charge in [-0.05, 0) is 36.6 Å². The van der Waals surface area contributed by atoms with Gasteiger partial charge in [-0.3, -0.25) is 0 Å². The van der Waals surface area contributed by atoms with E-state index in [1.165, 1.54) is 29.3 Å². The normalized spacial score (nSPS) is 18.1. The number of benzene rings is 2. The first-order valence-corrected chi connectivity index (χ1v) is 9.80. The fourth-order valence-corrected chi connectivity index (χ4v) is 4.53. The minimum Gasteiger partial charge on any atom is -0.324 e. The van der Waals surface area contributed by atoms with Crippen LogP contribution in [0.5, 0.6) is 0 Å². The van der Waals surface area contributed by atoms with E-state index in [1.807, 2.05) is 12.1 Å². The van der Waals surface area contributed by atoms with Gasteiger partial charge in [-0.15, -0.1) is 0 Å². The van der Waals surface area contributed by atoms with E-state index in [-0.39, 0.29) is 10.9 Å². The number of nitrogens with zero attached hydrogens (tertiary/aromatic N) is 1. The SMILES string of the molecule is Cc1ccccc1C1CCN(C(=O)Nc2ccccc2C(F)(F)F)CCS1. The molecule has 1 saturated heterocycles. The maximum absolute atomic E-state index is 13.1.